The van der Waals surface area contributed by atoms with E-state index in [9.17, 15) is 9.18 Å². The Morgan fingerprint density at radius 3 is 2.68 bits per heavy atom. The van der Waals surface area contributed by atoms with Gasteiger partial charge in [-0.1, -0.05) is 12.1 Å². The van der Waals surface area contributed by atoms with Crippen LogP contribution >= 0.6 is 0 Å². The number of hydrogen-bond acceptors (Lipinski definition) is 5. The summed E-state index contributed by atoms with van der Waals surface area (Å²) in [6, 6.07) is 5.36. The van der Waals surface area contributed by atoms with Gasteiger partial charge < -0.3 is 14.6 Å². The number of allylic oxidation sites excluding steroid dienone is 1. The fraction of sp³-hybridized carbons (Fsp3) is 0.278. The maximum Gasteiger partial charge on any atom is 0.338 e. The molecule has 1 unspecified atom stereocenters. The number of nitrogens with zero attached hydrogens (tertiary/aromatic N) is 3. The Bertz CT molecular complexity index is 852. The molecule has 0 saturated carbocycles. The molecule has 7 heteroatoms. The maximum atomic E-state index is 13.3. The SMILES string of the molecule is CCOC(=O)C1=C(C)NC(c2nccn2C)=NC1c1ccc(F)cc1. The minimum Gasteiger partial charge on any atom is -0.463 e. The number of aliphatic imine (C=N–C) groups is 1. The Balaban J connectivity index is 2.08. The van der Waals surface area contributed by atoms with E-state index in [0.717, 1.165) is 0 Å². The van der Waals surface area contributed by atoms with Gasteiger partial charge in [0.15, 0.2) is 11.7 Å². The van der Waals surface area contributed by atoms with Crippen molar-refractivity contribution in [1.29, 1.82) is 0 Å². The Labute approximate surface area is 145 Å². The highest BCUT2D eigenvalue weighted by molar-refractivity contribution is 6.01. The highest BCUT2D eigenvalue weighted by Crippen LogP contribution is 2.32. The predicted octanol–water partition coefficient (Wildman–Crippen LogP) is 2.49. The summed E-state index contributed by atoms with van der Waals surface area (Å²) in [5.41, 5.74) is 1.75. The van der Waals surface area contributed by atoms with E-state index in [2.05, 4.69) is 15.3 Å². The molecule has 0 saturated heterocycles. The van der Waals surface area contributed by atoms with Gasteiger partial charge in [0.1, 0.15) is 11.9 Å². The van der Waals surface area contributed by atoms with Gasteiger partial charge in [-0.2, -0.15) is 0 Å². The van der Waals surface area contributed by atoms with Crippen LogP contribution in [0.4, 0.5) is 4.39 Å². The van der Waals surface area contributed by atoms with Gasteiger partial charge in [0.2, 0.25) is 0 Å². The van der Waals surface area contributed by atoms with Crippen LogP contribution in [0.2, 0.25) is 0 Å². The molecule has 25 heavy (non-hydrogen) atoms. The first-order valence-electron chi connectivity index (χ1n) is 7.97. The number of benzene rings is 1. The Hall–Kier alpha value is -2.96. The molecule has 6 nitrogen and oxygen atoms in total. The third kappa shape index (κ3) is 3.31. The molecule has 0 radical (unpaired) electrons. The van der Waals surface area contributed by atoms with Crippen molar-refractivity contribution in [1.82, 2.24) is 14.9 Å². The van der Waals surface area contributed by atoms with Crippen LogP contribution in [0.25, 0.3) is 0 Å². The van der Waals surface area contributed by atoms with Crippen LogP contribution in [0.5, 0.6) is 0 Å². The number of carbonyl (C=O) groups excluding carboxylic acids is 1. The molecule has 0 bridgehead atoms. The van der Waals surface area contributed by atoms with E-state index in [-0.39, 0.29) is 12.4 Å². The number of ether oxygens (including phenoxy) is 1. The highest BCUT2D eigenvalue weighted by Gasteiger charge is 2.31. The standard InChI is InChI=1S/C18H19FN4O2/c1-4-25-18(24)14-11(2)21-16(17-20-9-10-23(17)3)22-15(14)12-5-7-13(19)8-6-12/h5-10,15H,4H2,1-3H3,(H,21,22). The van der Waals surface area contributed by atoms with Crippen LogP contribution in [0.3, 0.4) is 0 Å². The van der Waals surface area contributed by atoms with Crippen LogP contribution in [-0.4, -0.2) is 28.0 Å². The summed E-state index contributed by atoms with van der Waals surface area (Å²) in [6.07, 6.45) is 3.48. The molecule has 1 aliphatic rings. The first kappa shape index (κ1) is 16.9. The Kier molecular flexibility index (Phi) is 4.65. The second-order valence-corrected chi connectivity index (χ2v) is 5.68. The molecule has 2 heterocycles. The van der Waals surface area contributed by atoms with E-state index in [1.807, 2.05) is 17.8 Å². The van der Waals surface area contributed by atoms with Gasteiger partial charge in [0, 0.05) is 25.1 Å². The van der Waals surface area contributed by atoms with Crippen molar-refractivity contribution in [2.24, 2.45) is 12.0 Å². The first-order valence-corrected chi connectivity index (χ1v) is 7.97. The molecule has 0 aliphatic carbocycles. The number of aromatic nitrogens is 2. The van der Waals surface area contributed by atoms with E-state index in [0.29, 0.717) is 28.5 Å². The molecule has 1 aromatic carbocycles. The molecule has 1 aliphatic heterocycles. The Morgan fingerprint density at radius 1 is 1.36 bits per heavy atom. The average molecular weight is 342 g/mol. The normalized spacial score (nSPS) is 17.1. The molecule has 130 valence electrons. The lowest BCUT2D eigenvalue weighted by Gasteiger charge is -2.25. The van der Waals surface area contributed by atoms with Crippen molar-refractivity contribution >= 4 is 11.8 Å². The fourth-order valence-electron chi connectivity index (χ4n) is 2.74. The topological polar surface area (TPSA) is 68.5 Å². The van der Waals surface area contributed by atoms with Crippen molar-refractivity contribution in [3.8, 4) is 0 Å². The highest BCUT2D eigenvalue weighted by atomic mass is 19.1. The summed E-state index contributed by atoms with van der Waals surface area (Å²) < 4.78 is 20.3. The zero-order valence-electron chi connectivity index (χ0n) is 14.3. The van der Waals surface area contributed by atoms with Crippen molar-refractivity contribution in [2.75, 3.05) is 6.61 Å². The van der Waals surface area contributed by atoms with Gasteiger partial charge in [-0.05, 0) is 31.5 Å². The average Bonchev–Trinajstić information content (AvgIpc) is 3.01. The van der Waals surface area contributed by atoms with Gasteiger partial charge in [-0.25, -0.2) is 14.2 Å². The predicted molar refractivity (Wildman–Crippen MR) is 91.4 cm³/mol. The number of esters is 1. The van der Waals surface area contributed by atoms with Crippen LogP contribution in [0.1, 0.15) is 31.3 Å². The van der Waals surface area contributed by atoms with Gasteiger partial charge in [0.25, 0.3) is 0 Å². The number of rotatable bonds is 4. The zero-order chi connectivity index (χ0) is 18.0. The van der Waals surface area contributed by atoms with Gasteiger partial charge >= 0.3 is 5.97 Å². The molecule has 3 rings (SSSR count). The minimum atomic E-state index is -0.590. The van der Waals surface area contributed by atoms with E-state index in [1.165, 1.54) is 12.1 Å². The maximum absolute atomic E-state index is 13.3. The molecule has 1 N–H and O–H groups in total. The lowest BCUT2D eigenvalue weighted by Crippen LogP contribution is -2.34. The van der Waals surface area contributed by atoms with Crippen LogP contribution < -0.4 is 5.32 Å². The first-order chi connectivity index (χ1) is 12.0. The number of nitrogens with one attached hydrogen (secondary N) is 1. The summed E-state index contributed by atoms with van der Waals surface area (Å²) in [7, 11) is 1.86. The van der Waals surface area contributed by atoms with Crippen molar-refractivity contribution in [3.05, 3.63) is 65.1 Å². The Morgan fingerprint density at radius 2 is 2.08 bits per heavy atom. The number of amidine groups is 1. The van der Waals surface area contributed by atoms with E-state index >= 15 is 0 Å². The summed E-state index contributed by atoms with van der Waals surface area (Å²) in [4.78, 5) is 21.4. The van der Waals surface area contributed by atoms with Crippen LogP contribution in [0, 0.1) is 5.82 Å². The lowest BCUT2D eigenvalue weighted by atomic mass is 9.96. The second-order valence-electron chi connectivity index (χ2n) is 5.68. The third-order valence-electron chi connectivity index (χ3n) is 3.96. The summed E-state index contributed by atoms with van der Waals surface area (Å²) >= 11 is 0. The summed E-state index contributed by atoms with van der Waals surface area (Å²) in [6.45, 7) is 3.81. The van der Waals surface area contributed by atoms with Crippen LogP contribution in [-0.2, 0) is 16.6 Å². The van der Waals surface area contributed by atoms with E-state index < -0.39 is 12.0 Å². The number of carbonyl (C=O) groups is 1. The molecule has 2 aromatic rings. The number of hydrogen-bond donors (Lipinski definition) is 1. The molecular formula is C18H19FN4O2. The fourth-order valence-corrected chi connectivity index (χ4v) is 2.74. The molecule has 0 spiro atoms. The largest absolute Gasteiger partial charge is 0.463 e. The van der Waals surface area contributed by atoms with Crippen molar-refractivity contribution in [3.63, 3.8) is 0 Å². The number of imidazole rings is 1. The quantitative estimate of drug-likeness (QED) is 0.867. The zero-order valence-corrected chi connectivity index (χ0v) is 14.3. The molecule has 1 atom stereocenters. The third-order valence-corrected chi connectivity index (χ3v) is 3.96. The number of halogens is 1. The summed E-state index contributed by atoms with van der Waals surface area (Å²) in [5.74, 6) is 0.413. The minimum absolute atomic E-state index is 0.266. The van der Waals surface area contributed by atoms with Gasteiger partial charge in [-0.15, -0.1) is 0 Å². The molecular weight excluding hydrogens is 323 g/mol. The summed E-state index contributed by atoms with van der Waals surface area (Å²) in [5, 5.41) is 3.13. The van der Waals surface area contributed by atoms with Gasteiger partial charge in [-0.3, -0.25) is 4.99 Å². The van der Waals surface area contributed by atoms with Gasteiger partial charge in [0.05, 0.1) is 12.2 Å². The van der Waals surface area contributed by atoms with Crippen molar-refractivity contribution < 1.29 is 13.9 Å². The van der Waals surface area contributed by atoms with E-state index in [4.69, 9.17) is 4.74 Å². The lowest BCUT2D eigenvalue weighted by molar-refractivity contribution is -0.138. The van der Waals surface area contributed by atoms with Crippen molar-refractivity contribution in [2.45, 2.75) is 19.9 Å². The van der Waals surface area contributed by atoms with E-state index in [1.54, 1.807) is 32.2 Å². The number of aryl methyl sites for hydroxylation is 1. The molecule has 0 amide bonds. The second kappa shape index (κ2) is 6.88. The molecule has 0 fully saturated rings. The smallest absolute Gasteiger partial charge is 0.338 e. The monoisotopic (exact) mass is 342 g/mol. The van der Waals surface area contributed by atoms with Crippen LogP contribution in [0.15, 0.2) is 52.9 Å². The molecule has 1 aromatic heterocycles.